The average Bonchev–Trinajstić information content (AvgIpc) is 2.30. The van der Waals surface area contributed by atoms with Gasteiger partial charge in [0.2, 0.25) is 5.95 Å². The van der Waals surface area contributed by atoms with E-state index in [2.05, 4.69) is 16.0 Å². The van der Waals surface area contributed by atoms with Crippen LogP contribution in [0.3, 0.4) is 0 Å². The molecule has 0 amide bonds. The molecule has 1 saturated heterocycles. The van der Waals surface area contributed by atoms with Crippen molar-refractivity contribution in [2.75, 3.05) is 24.6 Å². The molecule has 0 spiro atoms. The number of aryl methyl sites for hydroxylation is 1. The lowest BCUT2D eigenvalue weighted by atomic mass is 10.3. The molecular weight excluding hydrogens is 192 g/mol. The average molecular weight is 204 g/mol. The lowest BCUT2D eigenvalue weighted by molar-refractivity contribution is 0.0758. The van der Waals surface area contributed by atoms with Crippen LogP contribution in [-0.4, -0.2) is 35.8 Å². The molecule has 1 unspecified atom stereocenters. The van der Waals surface area contributed by atoms with Crippen LogP contribution in [-0.2, 0) is 4.74 Å². The van der Waals surface area contributed by atoms with Gasteiger partial charge in [-0.1, -0.05) is 0 Å². The van der Waals surface area contributed by atoms with Crippen LogP contribution in [0.4, 0.5) is 5.95 Å². The lowest BCUT2D eigenvalue weighted by Gasteiger charge is -2.29. The number of hydrogen-bond acceptors (Lipinski definition) is 5. The second kappa shape index (κ2) is 4.24. The topological polar surface area (TPSA) is 62.0 Å². The molecule has 0 bridgehead atoms. The summed E-state index contributed by atoms with van der Waals surface area (Å²) in [6, 6.07) is 2.10. The molecule has 15 heavy (non-hydrogen) atoms. The van der Waals surface area contributed by atoms with Crippen molar-refractivity contribution in [3.63, 3.8) is 0 Å². The summed E-state index contributed by atoms with van der Waals surface area (Å²) in [4.78, 5) is 10.4. The quantitative estimate of drug-likeness (QED) is 0.667. The maximum absolute atomic E-state index is 8.76. The highest BCUT2D eigenvalue weighted by atomic mass is 16.5. The van der Waals surface area contributed by atoms with Gasteiger partial charge in [0.25, 0.3) is 0 Å². The van der Waals surface area contributed by atoms with Crippen LogP contribution in [0.25, 0.3) is 0 Å². The van der Waals surface area contributed by atoms with Gasteiger partial charge >= 0.3 is 0 Å². The van der Waals surface area contributed by atoms with E-state index in [1.54, 1.807) is 12.4 Å². The highest BCUT2D eigenvalue weighted by Gasteiger charge is 2.21. The minimum atomic E-state index is -0.372. The summed E-state index contributed by atoms with van der Waals surface area (Å²) < 4.78 is 5.24. The van der Waals surface area contributed by atoms with Crippen LogP contribution in [0, 0.1) is 18.3 Å². The van der Waals surface area contributed by atoms with E-state index in [4.69, 9.17) is 10.00 Å². The molecule has 1 aromatic rings. The molecule has 1 atom stereocenters. The Morgan fingerprint density at radius 2 is 2.27 bits per heavy atom. The molecule has 1 aromatic heterocycles. The zero-order valence-electron chi connectivity index (χ0n) is 8.55. The van der Waals surface area contributed by atoms with Crippen molar-refractivity contribution in [3.8, 4) is 6.07 Å². The Kier molecular flexibility index (Phi) is 2.79. The molecule has 5 nitrogen and oxygen atoms in total. The van der Waals surface area contributed by atoms with Crippen LogP contribution >= 0.6 is 0 Å². The van der Waals surface area contributed by atoms with Crippen LogP contribution in [0.2, 0.25) is 0 Å². The van der Waals surface area contributed by atoms with Crippen LogP contribution < -0.4 is 4.90 Å². The second-order valence-electron chi connectivity index (χ2n) is 3.49. The van der Waals surface area contributed by atoms with E-state index in [1.165, 1.54) is 0 Å². The number of nitriles is 1. The first-order valence-electron chi connectivity index (χ1n) is 4.84. The summed E-state index contributed by atoms with van der Waals surface area (Å²) in [5, 5.41) is 8.76. The number of morpholine rings is 1. The molecular formula is C10H12N4O. The number of rotatable bonds is 1. The first-order valence-corrected chi connectivity index (χ1v) is 4.84. The highest BCUT2D eigenvalue weighted by molar-refractivity contribution is 5.31. The highest BCUT2D eigenvalue weighted by Crippen LogP contribution is 2.11. The maximum Gasteiger partial charge on any atom is 0.225 e. The molecule has 0 aromatic carbocycles. The molecule has 1 aliphatic heterocycles. The maximum atomic E-state index is 8.76. The SMILES string of the molecule is Cc1cnc(N2CCOC(C#N)C2)nc1. The largest absolute Gasteiger partial charge is 0.360 e. The molecule has 0 radical (unpaired) electrons. The third-order valence-electron chi connectivity index (χ3n) is 2.26. The number of ether oxygens (including phenoxy) is 1. The van der Waals surface area contributed by atoms with Crippen molar-refractivity contribution < 1.29 is 4.74 Å². The van der Waals surface area contributed by atoms with E-state index in [1.807, 2.05) is 11.8 Å². The molecule has 0 saturated carbocycles. The molecule has 2 heterocycles. The zero-order chi connectivity index (χ0) is 10.7. The minimum absolute atomic E-state index is 0.372. The standard InChI is InChI=1S/C10H12N4O/c1-8-5-12-10(13-6-8)14-2-3-15-9(4-11)7-14/h5-6,9H,2-3,7H2,1H3. The lowest BCUT2D eigenvalue weighted by Crippen LogP contribution is -2.42. The molecule has 1 fully saturated rings. The van der Waals surface area contributed by atoms with Crippen LogP contribution in [0.5, 0.6) is 0 Å². The van der Waals surface area contributed by atoms with E-state index >= 15 is 0 Å². The van der Waals surface area contributed by atoms with Crippen molar-refractivity contribution >= 4 is 5.95 Å². The Hall–Kier alpha value is -1.67. The molecule has 0 aliphatic carbocycles. The third kappa shape index (κ3) is 2.22. The molecule has 1 aliphatic rings. The predicted octanol–water partition coefficient (Wildman–Crippen LogP) is 0.514. The predicted molar refractivity (Wildman–Crippen MR) is 54.3 cm³/mol. The van der Waals surface area contributed by atoms with E-state index in [0.717, 1.165) is 12.1 Å². The van der Waals surface area contributed by atoms with Gasteiger partial charge in [0.05, 0.1) is 19.2 Å². The zero-order valence-corrected chi connectivity index (χ0v) is 8.55. The van der Waals surface area contributed by atoms with E-state index in [0.29, 0.717) is 19.1 Å². The van der Waals surface area contributed by atoms with Gasteiger partial charge in [-0.2, -0.15) is 5.26 Å². The Morgan fingerprint density at radius 3 is 2.93 bits per heavy atom. The van der Waals surface area contributed by atoms with Crippen molar-refractivity contribution in [2.24, 2.45) is 0 Å². The second-order valence-corrected chi connectivity index (χ2v) is 3.49. The normalized spacial score (nSPS) is 21.1. The van der Waals surface area contributed by atoms with E-state index in [-0.39, 0.29) is 6.10 Å². The first-order chi connectivity index (χ1) is 7.29. The minimum Gasteiger partial charge on any atom is -0.360 e. The number of anilines is 1. The smallest absolute Gasteiger partial charge is 0.225 e. The van der Waals surface area contributed by atoms with Crippen molar-refractivity contribution in [1.29, 1.82) is 5.26 Å². The molecule has 78 valence electrons. The summed E-state index contributed by atoms with van der Waals surface area (Å²) in [7, 11) is 0. The number of hydrogen-bond donors (Lipinski definition) is 0. The molecule has 0 N–H and O–H groups in total. The Bertz CT molecular complexity index is 370. The van der Waals surface area contributed by atoms with E-state index < -0.39 is 0 Å². The summed E-state index contributed by atoms with van der Waals surface area (Å²) >= 11 is 0. The first kappa shape index (κ1) is 9.87. The monoisotopic (exact) mass is 204 g/mol. The van der Waals surface area contributed by atoms with Gasteiger partial charge < -0.3 is 9.64 Å². The van der Waals surface area contributed by atoms with Gasteiger partial charge in [-0.25, -0.2) is 9.97 Å². The van der Waals surface area contributed by atoms with E-state index in [9.17, 15) is 0 Å². The molecule has 5 heteroatoms. The van der Waals surface area contributed by atoms with Gasteiger partial charge in [0.15, 0.2) is 6.10 Å². The molecule has 2 rings (SSSR count). The fourth-order valence-corrected chi connectivity index (χ4v) is 1.46. The van der Waals surface area contributed by atoms with Crippen LogP contribution in [0.15, 0.2) is 12.4 Å². The third-order valence-corrected chi connectivity index (χ3v) is 2.26. The summed E-state index contributed by atoms with van der Waals surface area (Å²) in [5.74, 6) is 0.671. The summed E-state index contributed by atoms with van der Waals surface area (Å²) in [6.07, 6.45) is 3.18. The summed E-state index contributed by atoms with van der Waals surface area (Å²) in [5.41, 5.74) is 1.03. The Balaban J connectivity index is 2.10. The van der Waals surface area contributed by atoms with Gasteiger partial charge in [-0.15, -0.1) is 0 Å². The fourth-order valence-electron chi connectivity index (χ4n) is 1.46. The van der Waals surface area contributed by atoms with Crippen molar-refractivity contribution in [1.82, 2.24) is 9.97 Å². The number of nitrogens with zero attached hydrogens (tertiary/aromatic N) is 4. The van der Waals surface area contributed by atoms with Gasteiger partial charge in [0.1, 0.15) is 0 Å². The van der Waals surface area contributed by atoms with Crippen LogP contribution in [0.1, 0.15) is 5.56 Å². The van der Waals surface area contributed by atoms with Gasteiger partial charge in [-0.3, -0.25) is 0 Å². The van der Waals surface area contributed by atoms with Crippen molar-refractivity contribution in [3.05, 3.63) is 18.0 Å². The van der Waals surface area contributed by atoms with Gasteiger partial charge in [-0.05, 0) is 12.5 Å². The fraction of sp³-hybridized carbons (Fsp3) is 0.500. The Labute approximate surface area is 88.3 Å². The van der Waals surface area contributed by atoms with Gasteiger partial charge in [0, 0.05) is 18.9 Å². The number of aromatic nitrogens is 2. The van der Waals surface area contributed by atoms with Crippen molar-refractivity contribution in [2.45, 2.75) is 13.0 Å². The summed E-state index contributed by atoms with van der Waals surface area (Å²) in [6.45, 7) is 3.78. The Morgan fingerprint density at radius 1 is 1.53 bits per heavy atom.